The second-order valence-electron chi connectivity index (χ2n) is 6.03. The molecule has 2 aromatic rings. The first kappa shape index (κ1) is 15.7. The van der Waals surface area contributed by atoms with Gasteiger partial charge in [-0.05, 0) is 24.0 Å². The third kappa shape index (κ3) is 3.27. The maximum absolute atomic E-state index is 12.4. The summed E-state index contributed by atoms with van der Waals surface area (Å²) < 4.78 is 2.06. The summed E-state index contributed by atoms with van der Waals surface area (Å²) in [5.74, 6) is 0.651. The molecule has 0 aliphatic carbocycles. The Bertz CT molecular complexity index is 681. The number of carbonyl (C=O) groups excluding carboxylic acids is 1. The first-order valence-electron chi connectivity index (χ1n) is 8.09. The Labute approximate surface area is 136 Å². The van der Waals surface area contributed by atoms with Crippen LogP contribution in [0.3, 0.4) is 0 Å². The van der Waals surface area contributed by atoms with E-state index in [9.17, 15) is 4.79 Å². The van der Waals surface area contributed by atoms with E-state index in [-0.39, 0.29) is 5.91 Å². The van der Waals surface area contributed by atoms with E-state index in [0.29, 0.717) is 24.1 Å². The maximum atomic E-state index is 12.4. The van der Waals surface area contributed by atoms with Crippen LogP contribution in [0, 0.1) is 5.92 Å². The van der Waals surface area contributed by atoms with Crippen molar-refractivity contribution in [2.24, 2.45) is 13.0 Å². The molecule has 3 heterocycles. The second-order valence-corrected chi connectivity index (χ2v) is 6.03. The Balaban J connectivity index is 1.65. The summed E-state index contributed by atoms with van der Waals surface area (Å²) in [6.07, 6.45) is 6.22. The molecule has 6 heteroatoms. The van der Waals surface area contributed by atoms with E-state index >= 15 is 0 Å². The molecule has 0 spiro atoms. The number of nitrogens with one attached hydrogen (secondary N) is 2. The smallest absolute Gasteiger partial charge is 0.270 e. The Morgan fingerprint density at radius 3 is 3.09 bits per heavy atom. The van der Waals surface area contributed by atoms with Crippen molar-refractivity contribution in [2.45, 2.75) is 19.3 Å². The lowest BCUT2D eigenvalue weighted by atomic mass is 9.93. The molecule has 2 atom stereocenters. The quantitative estimate of drug-likeness (QED) is 0.867. The van der Waals surface area contributed by atoms with E-state index in [0.717, 1.165) is 25.1 Å². The molecular weight excluding hydrogens is 290 g/mol. The fraction of sp³-hybridized carbons (Fsp3) is 0.471. The number of hydrogen-bond donors (Lipinski definition) is 2. The van der Waals surface area contributed by atoms with Crippen LogP contribution in [0.5, 0.6) is 0 Å². The van der Waals surface area contributed by atoms with Crippen LogP contribution in [0.4, 0.5) is 0 Å². The Morgan fingerprint density at radius 1 is 1.48 bits per heavy atom. The summed E-state index contributed by atoms with van der Waals surface area (Å²) >= 11 is 0. The van der Waals surface area contributed by atoms with Crippen molar-refractivity contribution in [3.05, 3.63) is 47.8 Å². The van der Waals surface area contributed by atoms with Gasteiger partial charge in [-0.15, -0.1) is 0 Å². The highest BCUT2D eigenvalue weighted by molar-refractivity contribution is 5.93. The molecule has 0 unspecified atom stereocenters. The molecule has 2 N–H and O–H groups in total. The maximum Gasteiger partial charge on any atom is 0.270 e. The van der Waals surface area contributed by atoms with E-state index in [4.69, 9.17) is 0 Å². The van der Waals surface area contributed by atoms with Gasteiger partial charge in [0, 0.05) is 50.7 Å². The Hall–Kier alpha value is -2.21. The number of amides is 1. The molecule has 0 aromatic carbocycles. The zero-order valence-electron chi connectivity index (χ0n) is 13.6. The van der Waals surface area contributed by atoms with E-state index in [1.54, 1.807) is 6.20 Å². The molecule has 0 bridgehead atoms. The first-order valence-corrected chi connectivity index (χ1v) is 8.09. The molecule has 6 nitrogen and oxygen atoms in total. The number of hydrogen-bond acceptors (Lipinski definition) is 4. The van der Waals surface area contributed by atoms with Crippen LogP contribution in [0.25, 0.3) is 0 Å². The van der Waals surface area contributed by atoms with E-state index in [1.807, 2.05) is 38.6 Å². The minimum atomic E-state index is -0.0851. The molecule has 2 aromatic heterocycles. The molecule has 1 fully saturated rings. The van der Waals surface area contributed by atoms with Crippen molar-refractivity contribution in [1.82, 2.24) is 25.2 Å². The van der Waals surface area contributed by atoms with Gasteiger partial charge in [0.2, 0.25) is 0 Å². The standard InChI is InChI=1S/C17H23N5O/c1-3-12-5-4-6-20-16(12)17(23)21-8-13-7-18-9-14(13)15-10-19-11-22(15)2/h4-6,10-11,13-14,18H,3,7-9H2,1-2H3,(H,21,23)/t13-,14+/m0/s1. The summed E-state index contributed by atoms with van der Waals surface area (Å²) in [5.41, 5.74) is 2.73. The van der Waals surface area contributed by atoms with Gasteiger partial charge >= 0.3 is 0 Å². The van der Waals surface area contributed by atoms with Gasteiger partial charge in [-0.3, -0.25) is 9.78 Å². The molecule has 1 amide bonds. The van der Waals surface area contributed by atoms with Crippen molar-refractivity contribution in [1.29, 1.82) is 0 Å². The molecular formula is C17H23N5O. The summed E-state index contributed by atoms with van der Waals surface area (Å²) in [6.45, 7) is 4.50. The second kappa shape index (κ2) is 6.91. The van der Waals surface area contributed by atoms with Gasteiger partial charge in [-0.25, -0.2) is 4.98 Å². The minimum absolute atomic E-state index is 0.0851. The van der Waals surface area contributed by atoms with E-state index in [1.165, 1.54) is 5.69 Å². The predicted octanol–water partition coefficient (Wildman–Crippen LogP) is 1.11. The van der Waals surface area contributed by atoms with Crippen LogP contribution < -0.4 is 10.6 Å². The predicted molar refractivity (Wildman–Crippen MR) is 88.3 cm³/mol. The third-order valence-corrected chi connectivity index (χ3v) is 4.59. The molecule has 3 rings (SSSR count). The van der Waals surface area contributed by atoms with Gasteiger partial charge in [-0.1, -0.05) is 13.0 Å². The summed E-state index contributed by atoms with van der Waals surface area (Å²) in [7, 11) is 2.01. The van der Waals surface area contributed by atoms with Gasteiger partial charge < -0.3 is 15.2 Å². The highest BCUT2D eigenvalue weighted by Gasteiger charge is 2.30. The fourth-order valence-electron chi connectivity index (χ4n) is 3.25. The monoisotopic (exact) mass is 313 g/mol. The largest absolute Gasteiger partial charge is 0.350 e. The number of imidazole rings is 1. The van der Waals surface area contributed by atoms with Crippen LogP contribution in [0.2, 0.25) is 0 Å². The van der Waals surface area contributed by atoms with Crippen molar-refractivity contribution < 1.29 is 4.79 Å². The zero-order valence-corrected chi connectivity index (χ0v) is 13.6. The number of carbonyl (C=O) groups is 1. The lowest BCUT2D eigenvalue weighted by molar-refractivity contribution is 0.0941. The summed E-state index contributed by atoms with van der Waals surface area (Å²) in [4.78, 5) is 20.9. The average Bonchev–Trinajstić information content (AvgIpc) is 3.20. The molecule has 1 aliphatic rings. The van der Waals surface area contributed by atoms with Crippen LogP contribution in [0.1, 0.15) is 34.6 Å². The number of aryl methyl sites for hydroxylation is 2. The van der Waals surface area contributed by atoms with Gasteiger partial charge in [0.25, 0.3) is 5.91 Å². The van der Waals surface area contributed by atoms with Crippen LogP contribution in [-0.2, 0) is 13.5 Å². The minimum Gasteiger partial charge on any atom is -0.350 e. The van der Waals surface area contributed by atoms with Gasteiger partial charge in [0.05, 0.1) is 6.33 Å². The molecule has 1 aliphatic heterocycles. The van der Waals surface area contributed by atoms with Gasteiger partial charge in [0.15, 0.2) is 0 Å². The van der Waals surface area contributed by atoms with E-state index < -0.39 is 0 Å². The topological polar surface area (TPSA) is 71.8 Å². The summed E-state index contributed by atoms with van der Waals surface area (Å²) in [6, 6.07) is 3.83. The molecule has 23 heavy (non-hydrogen) atoms. The number of rotatable bonds is 5. The molecule has 1 saturated heterocycles. The first-order chi connectivity index (χ1) is 11.2. The average molecular weight is 313 g/mol. The van der Waals surface area contributed by atoms with Crippen molar-refractivity contribution in [3.8, 4) is 0 Å². The highest BCUT2D eigenvalue weighted by atomic mass is 16.1. The van der Waals surface area contributed by atoms with Crippen LogP contribution >= 0.6 is 0 Å². The van der Waals surface area contributed by atoms with Crippen molar-refractivity contribution in [2.75, 3.05) is 19.6 Å². The number of nitrogens with zero attached hydrogens (tertiary/aromatic N) is 3. The normalized spacial score (nSPS) is 20.6. The zero-order chi connectivity index (χ0) is 16.2. The number of aromatic nitrogens is 3. The highest BCUT2D eigenvalue weighted by Crippen LogP contribution is 2.27. The van der Waals surface area contributed by atoms with Crippen LogP contribution in [0.15, 0.2) is 30.9 Å². The third-order valence-electron chi connectivity index (χ3n) is 4.59. The van der Waals surface area contributed by atoms with Gasteiger partial charge in [-0.2, -0.15) is 0 Å². The number of pyridine rings is 1. The molecule has 122 valence electrons. The van der Waals surface area contributed by atoms with Crippen molar-refractivity contribution in [3.63, 3.8) is 0 Å². The van der Waals surface area contributed by atoms with Gasteiger partial charge in [0.1, 0.15) is 5.69 Å². The van der Waals surface area contributed by atoms with E-state index in [2.05, 4.69) is 25.2 Å². The molecule has 0 saturated carbocycles. The fourth-order valence-corrected chi connectivity index (χ4v) is 3.25. The summed E-state index contributed by atoms with van der Waals surface area (Å²) in [5, 5.41) is 6.47. The SMILES string of the molecule is CCc1cccnc1C(=O)NC[C@@H]1CNC[C@H]1c1cncn1C. The lowest BCUT2D eigenvalue weighted by Gasteiger charge is -2.19. The van der Waals surface area contributed by atoms with Crippen molar-refractivity contribution >= 4 is 5.91 Å². The van der Waals surface area contributed by atoms with Crippen LogP contribution in [-0.4, -0.2) is 40.1 Å². The Kier molecular flexibility index (Phi) is 4.71. The lowest BCUT2D eigenvalue weighted by Crippen LogP contribution is -2.33. The molecule has 0 radical (unpaired) electrons. The Morgan fingerprint density at radius 2 is 2.35 bits per heavy atom.